The number of H-pyrrole nitrogens is 1. The summed E-state index contributed by atoms with van der Waals surface area (Å²) in [6.07, 6.45) is 2.36. The lowest BCUT2D eigenvalue weighted by atomic mass is 9.90. The van der Waals surface area contributed by atoms with Gasteiger partial charge in [-0.05, 0) is 49.3 Å². The van der Waals surface area contributed by atoms with Gasteiger partial charge in [-0.3, -0.25) is 4.79 Å². The number of piperidine rings is 1. The Kier molecular flexibility index (Phi) is 2.06. The van der Waals surface area contributed by atoms with Crippen LogP contribution in [-0.2, 0) is 4.79 Å². The molecule has 0 spiro atoms. The van der Waals surface area contributed by atoms with Crippen molar-refractivity contribution >= 4 is 16.9 Å². The predicted molar refractivity (Wildman–Crippen MR) is 79.6 cm³/mol. The van der Waals surface area contributed by atoms with Crippen LogP contribution in [0.4, 0.5) is 0 Å². The van der Waals surface area contributed by atoms with Crippen LogP contribution in [0.1, 0.15) is 37.2 Å². The van der Waals surface area contributed by atoms with E-state index >= 15 is 0 Å². The van der Waals surface area contributed by atoms with Crippen LogP contribution in [0.3, 0.4) is 0 Å². The molecular formula is C17H19N3O. The number of nitrogens with zero attached hydrogens (tertiary/aromatic N) is 2. The number of fused-ring (bicyclic) bond motifs is 2. The highest BCUT2D eigenvalue weighted by molar-refractivity contribution is 5.83. The maximum absolute atomic E-state index is 12.6. The number of imidazole rings is 1. The molecule has 4 nitrogen and oxygen atoms in total. The topological polar surface area (TPSA) is 49.0 Å². The molecule has 1 aromatic carbocycles. The van der Waals surface area contributed by atoms with Gasteiger partial charge in [0, 0.05) is 12.0 Å². The summed E-state index contributed by atoms with van der Waals surface area (Å²) in [7, 11) is 0. The van der Waals surface area contributed by atoms with Crippen molar-refractivity contribution in [2.45, 2.75) is 38.8 Å². The maximum atomic E-state index is 12.6. The van der Waals surface area contributed by atoms with E-state index < -0.39 is 0 Å². The molecule has 2 saturated heterocycles. The number of nitrogens with one attached hydrogen (secondary N) is 1. The van der Waals surface area contributed by atoms with Crippen molar-refractivity contribution in [3.8, 4) is 0 Å². The Morgan fingerprint density at radius 3 is 3.05 bits per heavy atom. The quantitative estimate of drug-likeness (QED) is 0.873. The van der Waals surface area contributed by atoms with Gasteiger partial charge in [0.1, 0.15) is 5.82 Å². The molecule has 5 rings (SSSR count). The standard InChI is InChI=1S/C17H19N3O/c1-8-3-4-12-13(5-8)19-16(18-12)15-10-6-11-9(2)17(21)20(15)14(11)7-10/h3-5,9-11,14-15H,6-7H2,1-2H3,(H,18,19)/t9?,10?,11?,14?,15-/m0/s1. The fourth-order valence-electron chi connectivity index (χ4n) is 4.99. The molecule has 1 aliphatic carbocycles. The minimum absolute atomic E-state index is 0.177. The first-order valence-corrected chi connectivity index (χ1v) is 7.92. The van der Waals surface area contributed by atoms with Crippen LogP contribution in [0.5, 0.6) is 0 Å². The van der Waals surface area contributed by atoms with Crippen molar-refractivity contribution in [2.75, 3.05) is 0 Å². The molecule has 2 aromatic rings. The summed E-state index contributed by atoms with van der Waals surface area (Å²) in [5.74, 6) is 2.72. The third-order valence-corrected chi connectivity index (χ3v) is 5.94. The molecule has 21 heavy (non-hydrogen) atoms. The molecular weight excluding hydrogens is 262 g/mol. The van der Waals surface area contributed by atoms with Crippen molar-refractivity contribution in [3.63, 3.8) is 0 Å². The van der Waals surface area contributed by atoms with E-state index in [1.165, 1.54) is 18.4 Å². The Morgan fingerprint density at radius 2 is 2.19 bits per heavy atom. The zero-order chi connectivity index (χ0) is 14.3. The number of rotatable bonds is 1. The highest BCUT2D eigenvalue weighted by Crippen LogP contribution is 2.58. The Labute approximate surface area is 123 Å². The van der Waals surface area contributed by atoms with E-state index in [1.54, 1.807) is 0 Å². The Hall–Kier alpha value is -1.84. The molecule has 3 fully saturated rings. The SMILES string of the molecule is Cc1ccc2nc([C@@H]3C4CC5C(C)C(=O)N3C5C4)[nH]c2c1. The van der Waals surface area contributed by atoms with Crippen molar-refractivity contribution in [1.82, 2.24) is 14.9 Å². The van der Waals surface area contributed by atoms with Crippen molar-refractivity contribution in [3.05, 3.63) is 29.6 Å². The minimum atomic E-state index is 0.177. The average Bonchev–Trinajstić information content (AvgIpc) is 3.17. The van der Waals surface area contributed by atoms with Gasteiger partial charge in [0.05, 0.1) is 17.1 Å². The molecule has 1 aromatic heterocycles. The lowest BCUT2D eigenvalue weighted by Crippen LogP contribution is -2.35. The number of benzene rings is 1. The van der Waals surface area contributed by atoms with Gasteiger partial charge in [-0.1, -0.05) is 13.0 Å². The van der Waals surface area contributed by atoms with E-state index in [4.69, 9.17) is 4.98 Å². The third kappa shape index (κ3) is 1.36. The fraction of sp³-hybridized carbons (Fsp3) is 0.529. The van der Waals surface area contributed by atoms with Crippen LogP contribution < -0.4 is 0 Å². The average molecular weight is 281 g/mol. The van der Waals surface area contributed by atoms with Gasteiger partial charge in [0.15, 0.2) is 0 Å². The van der Waals surface area contributed by atoms with Gasteiger partial charge in [-0.2, -0.15) is 0 Å². The minimum Gasteiger partial charge on any atom is -0.340 e. The molecule has 5 atom stereocenters. The summed E-state index contributed by atoms with van der Waals surface area (Å²) in [5.41, 5.74) is 3.33. The lowest BCUT2D eigenvalue weighted by molar-refractivity contribution is -0.132. The summed E-state index contributed by atoms with van der Waals surface area (Å²) in [6, 6.07) is 6.94. The van der Waals surface area contributed by atoms with Crippen LogP contribution in [0.15, 0.2) is 18.2 Å². The highest BCUT2D eigenvalue weighted by Gasteiger charge is 2.61. The smallest absolute Gasteiger partial charge is 0.226 e. The first-order chi connectivity index (χ1) is 10.1. The number of amides is 1. The van der Waals surface area contributed by atoms with E-state index in [0.29, 0.717) is 23.8 Å². The third-order valence-electron chi connectivity index (χ3n) is 5.94. The van der Waals surface area contributed by atoms with Crippen LogP contribution in [-0.4, -0.2) is 26.8 Å². The molecule has 0 radical (unpaired) electrons. The van der Waals surface area contributed by atoms with E-state index in [9.17, 15) is 4.79 Å². The first-order valence-electron chi connectivity index (χ1n) is 7.92. The van der Waals surface area contributed by atoms with Gasteiger partial charge in [0.2, 0.25) is 5.91 Å². The molecule has 4 heteroatoms. The summed E-state index contributed by atoms with van der Waals surface area (Å²) >= 11 is 0. The van der Waals surface area contributed by atoms with E-state index in [-0.39, 0.29) is 12.0 Å². The number of carbonyl (C=O) groups is 1. The number of carbonyl (C=O) groups excluding carboxylic acids is 1. The van der Waals surface area contributed by atoms with Crippen molar-refractivity contribution in [2.24, 2.45) is 17.8 Å². The van der Waals surface area contributed by atoms with Crippen LogP contribution in [0, 0.1) is 24.7 Å². The Balaban J connectivity index is 1.62. The second-order valence-corrected chi connectivity index (χ2v) is 7.08. The van der Waals surface area contributed by atoms with E-state index in [1.807, 2.05) is 0 Å². The first kappa shape index (κ1) is 11.8. The van der Waals surface area contributed by atoms with Gasteiger partial charge >= 0.3 is 0 Å². The number of aromatic nitrogens is 2. The van der Waals surface area contributed by atoms with E-state index in [2.05, 4.69) is 41.9 Å². The number of hydrogen-bond acceptors (Lipinski definition) is 2. The Bertz CT molecular complexity index is 764. The van der Waals surface area contributed by atoms with Gasteiger partial charge in [-0.25, -0.2) is 4.98 Å². The van der Waals surface area contributed by atoms with Crippen LogP contribution >= 0.6 is 0 Å². The van der Waals surface area contributed by atoms with Crippen molar-refractivity contribution in [1.29, 1.82) is 0 Å². The van der Waals surface area contributed by atoms with Crippen molar-refractivity contribution < 1.29 is 4.79 Å². The van der Waals surface area contributed by atoms with Gasteiger partial charge in [-0.15, -0.1) is 0 Å². The molecule has 4 unspecified atom stereocenters. The molecule has 1 amide bonds. The normalized spacial score (nSPS) is 37.1. The van der Waals surface area contributed by atoms with Crippen LogP contribution in [0.2, 0.25) is 0 Å². The van der Waals surface area contributed by atoms with E-state index in [0.717, 1.165) is 16.9 Å². The number of hydrogen-bond donors (Lipinski definition) is 1. The predicted octanol–water partition coefficient (Wildman–Crippen LogP) is 2.80. The number of aromatic amines is 1. The Morgan fingerprint density at radius 1 is 1.33 bits per heavy atom. The molecule has 2 bridgehead atoms. The molecule has 1 N–H and O–H groups in total. The second-order valence-electron chi connectivity index (χ2n) is 7.08. The van der Waals surface area contributed by atoms with Crippen LogP contribution in [0.25, 0.3) is 11.0 Å². The largest absolute Gasteiger partial charge is 0.340 e. The molecule has 1 saturated carbocycles. The summed E-state index contributed by atoms with van der Waals surface area (Å²) in [4.78, 5) is 23.0. The second kappa shape index (κ2) is 3.67. The zero-order valence-electron chi connectivity index (χ0n) is 12.3. The highest BCUT2D eigenvalue weighted by atomic mass is 16.2. The fourth-order valence-corrected chi connectivity index (χ4v) is 4.99. The summed E-state index contributed by atoms with van der Waals surface area (Å²) in [5, 5.41) is 0. The number of aryl methyl sites for hydroxylation is 1. The molecule has 2 aliphatic heterocycles. The molecule has 3 aliphatic rings. The zero-order valence-corrected chi connectivity index (χ0v) is 12.3. The monoisotopic (exact) mass is 281 g/mol. The van der Waals surface area contributed by atoms with Gasteiger partial charge in [0.25, 0.3) is 0 Å². The van der Waals surface area contributed by atoms with Gasteiger partial charge < -0.3 is 9.88 Å². The maximum Gasteiger partial charge on any atom is 0.226 e. The summed E-state index contributed by atoms with van der Waals surface area (Å²) < 4.78 is 0. The molecule has 3 heterocycles. The summed E-state index contributed by atoms with van der Waals surface area (Å²) in [6.45, 7) is 4.19. The lowest BCUT2D eigenvalue weighted by Gasteiger charge is -2.30. The molecule has 108 valence electrons.